The molecule has 8 heteroatoms. The number of carbonyl (C=O) groups excluding carboxylic acids is 1. The summed E-state index contributed by atoms with van der Waals surface area (Å²) in [7, 11) is 0. The summed E-state index contributed by atoms with van der Waals surface area (Å²) >= 11 is 1.32. The quantitative estimate of drug-likeness (QED) is 0.567. The van der Waals surface area contributed by atoms with Crippen LogP contribution in [0.2, 0.25) is 0 Å². The molecule has 3 heterocycles. The van der Waals surface area contributed by atoms with Crippen molar-refractivity contribution in [2.24, 2.45) is 0 Å². The maximum atomic E-state index is 13.0. The first-order valence-corrected chi connectivity index (χ1v) is 9.02. The van der Waals surface area contributed by atoms with Gasteiger partial charge in [-0.25, -0.2) is 9.37 Å². The lowest BCUT2D eigenvalue weighted by molar-refractivity contribution is 0.0953. The molecule has 4 rings (SSSR count). The van der Waals surface area contributed by atoms with Crippen molar-refractivity contribution in [2.45, 2.75) is 13.5 Å². The van der Waals surface area contributed by atoms with Gasteiger partial charge in [0.15, 0.2) is 10.9 Å². The monoisotopic (exact) mass is 382 g/mol. The van der Waals surface area contributed by atoms with Gasteiger partial charge in [0, 0.05) is 24.0 Å². The number of halogens is 1. The van der Waals surface area contributed by atoms with Crippen molar-refractivity contribution >= 4 is 17.2 Å². The number of nitrogens with zero attached hydrogens (tertiary/aromatic N) is 3. The minimum Gasteiger partial charge on any atom is -0.356 e. The van der Waals surface area contributed by atoms with Gasteiger partial charge in [-0.2, -0.15) is 0 Å². The van der Waals surface area contributed by atoms with E-state index < -0.39 is 0 Å². The third-order valence-electron chi connectivity index (χ3n) is 3.93. The van der Waals surface area contributed by atoms with E-state index >= 15 is 0 Å². The van der Waals surface area contributed by atoms with Gasteiger partial charge in [-0.1, -0.05) is 16.5 Å². The summed E-state index contributed by atoms with van der Waals surface area (Å²) in [6, 6.07) is 11.5. The zero-order valence-corrected chi connectivity index (χ0v) is 15.2. The van der Waals surface area contributed by atoms with Crippen molar-refractivity contribution in [3.63, 3.8) is 0 Å². The number of benzene rings is 1. The summed E-state index contributed by atoms with van der Waals surface area (Å²) in [4.78, 5) is 17.5. The van der Waals surface area contributed by atoms with Gasteiger partial charge in [0.25, 0.3) is 5.91 Å². The number of rotatable bonds is 5. The molecule has 4 aromatic rings. The summed E-state index contributed by atoms with van der Waals surface area (Å²) < 4.78 is 20.1. The van der Waals surface area contributed by atoms with Crippen molar-refractivity contribution in [3.8, 4) is 16.5 Å². The molecule has 0 aliphatic rings. The Kier molecular flexibility index (Phi) is 4.55. The lowest BCUT2D eigenvalue weighted by atomic mass is 10.1. The van der Waals surface area contributed by atoms with Gasteiger partial charge < -0.3 is 14.4 Å². The highest BCUT2D eigenvalue weighted by atomic mass is 32.1. The van der Waals surface area contributed by atoms with Crippen molar-refractivity contribution in [3.05, 3.63) is 76.9 Å². The minimum absolute atomic E-state index is 0.213. The van der Waals surface area contributed by atoms with Crippen LogP contribution in [0.5, 0.6) is 0 Å². The molecule has 136 valence electrons. The van der Waals surface area contributed by atoms with E-state index in [1.54, 1.807) is 25.1 Å². The molecule has 1 N–H and O–H groups in total. The van der Waals surface area contributed by atoms with E-state index in [2.05, 4.69) is 15.5 Å². The first-order valence-electron chi connectivity index (χ1n) is 8.20. The molecule has 27 heavy (non-hydrogen) atoms. The maximum Gasteiger partial charge on any atom is 0.263 e. The Labute approximate surface area is 158 Å². The Morgan fingerprint density at radius 1 is 1.26 bits per heavy atom. The largest absolute Gasteiger partial charge is 0.356 e. The average Bonchev–Trinajstić information content (AvgIpc) is 3.41. The van der Waals surface area contributed by atoms with Gasteiger partial charge in [-0.05, 0) is 43.3 Å². The number of thiazole rings is 1. The summed E-state index contributed by atoms with van der Waals surface area (Å²) in [6.07, 6.45) is 3.76. The highest BCUT2D eigenvalue weighted by Crippen LogP contribution is 2.23. The SMILES string of the molecule is Cc1nc(-n2cccc2)sc1C(=O)NCc1cc(-c2ccc(F)cc2)on1. The van der Waals surface area contributed by atoms with Crippen LogP contribution in [0.15, 0.2) is 59.4 Å². The zero-order valence-electron chi connectivity index (χ0n) is 14.3. The lowest BCUT2D eigenvalue weighted by Crippen LogP contribution is -2.22. The molecule has 6 nitrogen and oxygen atoms in total. The number of nitrogens with one attached hydrogen (secondary N) is 1. The second-order valence-electron chi connectivity index (χ2n) is 5.87. The second-order valence-corrected chi connectivity index (χ2v) is 6.85. The fourth-order valence-corrected chi connectivity index (χ4v) is 3.51. The van der Waals surface area contributed by atoms with E-state index in [0.717, 1.165) is 10.7 Å². The van der Waals surface area contributed by atoms with E-state index in [1.165, 1.54) is 23.5 Å². The van der Waals surface area contributed by atoms with Crippen LogP contribution in [0, 0.1) is 12.7 Å². The fourth-order valence-electron chi connectivity index (χ4n) is 2.56. The molecule has 3 aromatic heterocycles. The van der Waals surface area contributed by atoms with Crippen molar-refractivity contribution in [1.29, 1.82) is 0 Å². The molecule has 0 atom stereocenters. The standard InChI is InChI=1S/C19H15FN4O2S/c1-12-17(27-19(22-12)24-8-2-3-9-24)18(25)21-11-15-10-16(26-23-15)13-4-6-14(20)7-5-13/h2-10H,11H2,1H3,(H,21,25). The molecular weight excluding hydrogens is 367 g/mol. The van der Waals surface area contributed by atoms with Crippen LogP contribution in [0.1, 0.15) is 21.1 Å². The van der Waals surface area contributed by atoms with Gasteiger partial charge in [-0.15, -0.1) is 0 Å². The zero-order chi connectivity index (χ0) is 18.8. The topological polar surface area (TPSA) is 73.0 Å². The molecule has 1 aromatic carbocycles. The first kappa shape index (κ1) is 17.2. The van der Waals surface area contributed by atoms with Crippen LogP contribution in [0.3, 0.4) is 0 Å². The molecule has 0 bridgehead atoms. The van der Waals surface area contributed by atoms with Gasteiger partial charge in [-0.3, -0.25) is 4.79 Å². The second kappa shape index (κ2) is 7.16. The van der Waals surface area contributed by atoms with E-state index in [9.17, 15) is 9.18 Å². The molecule has 0 radical (unpaired) electrons. The van der Waals surface area contributed by atoms with Gasteiger partial charge in [0.2, 0.25) is 0 Å². The third kappa shape index (κ3) is 3.65. The van der Waals surface area contributed by atoms with Crippen LogP contribution in [0.4, 0.5) is 4.39 Å². The lowest BCUT2D eigenvalue weighted by Gasteiger charge is -2.00. The number of hydrogen-bond donors (Lipinski definition) is 1. The van der Waals surface area contributed by atoms with Gasteiger partial charge >= 0.3 is 0 Å². The highest BCUT2D eigenvalue weighted by molar-refractivity contribution is 7.16. The average molecular weight is 382 g/mol. The molecule has 0 aliphatic carbocycles. The maximum absolute atomic E-state index is 13.0. The van der Waals surface area contributed by atoms with E-state index in [0.29, 0.717) is 22.0 Å². The molecule has 0 saturated carbocycles. The Morgan fingerprint density at radius 3 is 2.74 bits per heavy atom. The predicted octanol–water partition coefficient (Wildman–Crippen LogP) is 3.97. The molecule has 0 fully saturated rings. The first-order chi connectivity index (χ1) is 13.1. The number of carbonyl (C=O) groups is 1. The molecule has 0 saturated heterocycles. The van der Waals surface area contributed by atoms with E-state index in [4.69, 9.17) is 4.52 Å². The molecular formula is C19H15FN4O2S. The van der Waals surface area contributed by atoms with Crippen molar-refractivity contribution in [2.75, 3.05) is 0 Å². The summed E-state index contributed by atoms with van der Waals surface area (Å²) in [6.45, 7) is 2.03. The van der Waals surface area contributed by atoms with E-state index in [1.807, 2.05) is 29.1 Å². The normalized spacial score (nSPS) is 10.9. The molecule has 0 spiro atoms. The Bertz CT molecular complexity index is 1070. The summed E-state index contributed by atoms with van der Waals surface area (Å²) in [5.74, 6) is -0.0113. The smallest absolute Gasteiger partial charge is 0.263 e. The molecule has 0 aliphatic heterocycles. The Morgan fingerprint density at radius 2 is 2.00 bits per heavy atom. The van der Waals surface area contributed by atoms with Crippen molar-refractivity contribution < 1.29 is 13.7 Å². The van der Waals surface area contributed by atoms with Crippen LogP contribution >= 0.6 is 11.3 Å². The number of aryl methyl sites for hydroxylation is 1. The van der Waals surface area contributed by atoms with Gasteiger partial charge in [0.05, 0.1) is 12.2 Å². The van der Waals surface area contributed by atoms with E-state index in [-0.39, 0.29) is 18.3 Å². The molecule has 1 amide bonds. The van der Waals surface area contributed by atoms with Gasteiger partial charge in [0.1, 0.15) is 16.4 Å². The number of aromatic nitrogens is 3. The van der Waals surface area contributed by atoms with Crippen LogP contribution in [-0.2, 0) is 6.54 Å². The number of hydrogen-bond acceptors (Lipinski definition) is 5. The fraction of sp³-hybridized carbons (Fsp3) is 0.105. The van der Waals surface area contributed by atoms with Crippen LogP contribution in [-0.4, -0.2) is 20.6 Å². The van der Waals surface area contributed by atoms with Crippen molar-refractivity contribution in [1.82, 2.24) is 20.0 Å². The van der Waals surface area contributed by atoms with Crippen LogP contribution in [0.25, 0.3) is 16.5 Å². The molecule has 0 unspecified atom stereocenters. The predicted molar refractivity (Wildman–Crippen MR) is 99.2 cm³/mol. The van der Waals surface area contributed by atoms with Crippen LogP contribution < -0.4 is 5.32 Å². The minimum atomic E-state index is -0.315. The Balaban J connectivity index is 1.43. The summed E-state index contributed by atoms with van der Waals surface area (Å²) in [5, 5.41) is 7.52. The number of amides is 1. The Hall–Kier alpha value is -3.26. The highest BCUT2D eigenvalue weighted by Gasteiger charge is 2.16. The third-order valence-corrected chi connectivity index (χ3v) is 5.10. The summed E-state index contributed by atoms with van der Waals surface area (Å²) in [5.41, 5.74) is 1.97.